The number of nitrogens with two attached hydrogens (primary N) is 1. The Bertz CT molecular complexity index is 147. The monoisotopic (exact) mass is 172 g/mol. The van der Waals surface area contributed by atoms with Gasteiger partial charge in [-0.15, -0.1) is 0 Å². The summed E-state index contributed by atoms with van der Waals surface area (Å²) in [6.07, 6.45) is 0. The first kappa shape index (κ1) is 5.63. The van der Waals surface area contributed by atoms with Crippen molar-refractivity contribution in [3.63, 3.8) is 0 Å². The van der Waals surface area contributed by atoms with Crippen LogP contribution in [0.25, 0.3) is 0 Å². The summed E-state index contributed by atoms with van der Waals surface area (Å²) < 4.78 is 1.06. The zero-order valence-corrected chi connectivity index (χ0v) is 5.85. The summed E-state index contributed by atoms with van der Waals surface area (Å²) in [6.45, 7) is 0. The van der Waals surface area contributed by atoms with E-state index in [1.807, 2.05) is 24.3 Å². The molecular formula is C6H6BrN. The van der Waals surface area contributed by atoms with Gasteiger partial charge in [-0.3, -0.25) is 0 Å². The van der Waals surface area contributed by atoms with Crippen LogP contribution >= 0.6 is 15.9 Å². The molecular weight excluding hydrogens is 167 g/mol. The van der Waals surface area contributed by atoms with Crippen molar-refractivity contribution in [2.45, 2.75) is 0 Å². The van der Waals surface area contributed by atoms with Gasteiger partial charge >= 0.3 is 0 Å². The number of nitrogen functional groups attached to an aromatic ring is 1. The molecule has 0 aliphatic heterocycles. The first-order chi connectivity index (χ1) is 3.79. The molecule has 42 valence electrons. The summed E-state index contributed by atoms with van der Waals surface area (Å²) in [5.74, 6) is 0. The number of rotatable bonds is 0. The lowest BCUT2D eigenvalue weighted by Gasteiger charge is -1.88. The quantitative estimate of drug-likeness (QED) is 0.596. The van der Waals surface area contributed by atoms with Crippen molar-refractivity contribution >= 4 is 21.6 Å². The zero-order chi connectivity index (χ0) is 5.98. The van der Waals surface area contributed by atoms with Crippen LogP contribution in [-0.4, -0.2) is 0 Å². The molecule has 0 unspecified atom stereocenters. The highest BCUT2D eigenvalue weighted by Gasteiger charge is 1.81. The smallest absolute Gasteiger partial charge is 0.0314 e. The number of benzene rings is 1. The Hall–Kier alpha value is -0.500. The van der Waals surface area contributed by atoms with E-state index in [4.69, 9.17) is 5.73 Å². The van der Waals surface area contributed by atoms with Gasteiger partial charge in [0.05, 0.1) is 0 Å². The lowest BCUT2D eigenvalue weighted by molar-refractivity contribution is 1.64. The molecule has 0 atom stereocenters. The summed E-state index contributed by atoms with van der Waals surface area (Å²) in [7, 11) is 0. The number of hydrogen-bond acceptors (Lipinski definition) is 1. The average molecular weight is 173 g/mol. The van der Waals surface area contributed by atoms with Crippen molar-refractivity contribution in [2.24, 2.45) is 0 Å². The van der Waals surface area contributed by atoms with Gasteiger partial charge in [-0.25, -0.2) is 0 Å². The highest BCUT2D eigenvalue weighted by Crippen LogP contribution is 2.10. The van der Waals surface area contributed by atoms with Crippen LogP contribution < -0.4 is 5.73 Å². The first-order valence-corrected chi connectivity index (χ1v) is 3.09. The van der Waals surface area contributed by atoms with Crippen molar-refractivity contribution < 1.29 is 0 Å². The molecule has 0 aliphatic rings. The molecule has 1 aromatic carbocycles. The van der Waals surface area contributed by atoms with Crippen molar-refractivity contribution in [2.75, 3.05) is 5.73 Å². The minimum Gasteiger partial charge on any atom is -0.399 e. The average Bonchev–Trinajstić information content (AvgIpc) is 1.77. The number of halogens is 1. The fraction of sp³-hybridized carbons (Fsp3) is 0. The normalized spacial score (nSPS) is 9.12. The topological polar surface area (TPSA) is 26.0 Å². The minimum absolute atomic E-state index is 0.799. The fourth-order valence-electron chi connectivity index (χ4n) is 0.463. The van der Waals surface area contributed by atoms with Crippen LogP contribution in [0.5, 0.6) is 0 Å². The molecule has 0 aromatic heterocycles. The van der Waals surface area contributed by atoms with E-state index in [1.165, 1.54) is 0 Å². The van der Waals surface area contributed by atoms with Gasteiger partial charge in [0.1, 0.15) is 0 Å². The Labute approximate surface area is 56.6 Å². The van der Waals surface area contributed by atoms with Crippen LogP contribution in [0, 0.1) is 0 Å². The lowest BCUT2D eigenvalue weighted by Crippen LogP contribution is -1.80. The summed E-state index contributed by atoms with van der Waals surface area (Å²) in [6, 6.07) is 7.53. The molecule has 1 nitrogen and oxygen atoms in total. The highest BCUT2D eigenvalue weighted by molar-refractivity contribution is 9.10. The van der Waals surface area contributed by atoms with Crippen LogP contribution in [0.15, 0.2) is 28.7 Å². The summed E-state index contributed by atoms with van der Waals surface area (Å²) in [4.78, 5) is 0. The maximum Gasteiger partial charge on any atom is 0.0314 e. The maximum absolute atomic E-state index is 5.41. The molecule has 1 aromatic rings. The van der Waals surface area contributed by atoms with Crippen molar-refractivity contribution in [1.82, 2.24) is 0 Å². The summed E-state index contributed by atoms with van der Waals surface area (Å²) >= 11 is 3.29. The standard InChI is InChI=1S/C6H6BrN/c7-5-1-3-6(8)4-2-5/h1-4H,8H2/i5+1. The molecule has 0 saturated heterocycles. The molecule has 0 amide bonds. The van der Waals surface area contributed by atoms with E-state index in [-0.39, 0.29) is 0 Å². The van der Waals surface area contributed by atoms with Crippen molar-refractivity contribution in [3.8, 4) is 0 Å². The zero-order valence-electron chi connectivity index (χ0n) is 4.26. The van der Waals surface area contributed by atoms with Gasteiger partial charge in [0.2, 0.25) is 0 Å². The van der Waals surface area contributed by atoms with Crippen LogP contribution in [0.2, 0.25) is 0 Å². The second kappa shape index (κ2) is 2.18. The molecule has 0 saturated carbocycles. The van der Waals surface area contributed by atoms with E-state index < -0.39 is 0 Å². The lowest BCUT2D eigenvalue weighted by atomic mass is 10.4. The van der Waals surface area contributed by atoms with Crippen molar-refractivity contribution in [1.29, 1.82) is 0 Å². The molecule has 0 fully saturated rings. The summed E-state index contributed by atoms with van der Waals surface area (Å²) in [5.41, 5.74) is 6.21. The minimum atomic E-state index is 0.799. The van der Waals surface area contributed by atoms with Gasteiger partial charge in [-0.1, -0.05) is 15.9 Å². The van der Waals surface area contributed by atoms with E-state index >= 15 is 0 Å². The van der Waals surface area contributed by atoms with E-state index in [0.29, 0.717) is 0 Å². The van der Waals surface area contributed by atoms with Crippen LogP contribution in [0.3, 0.4) is 0 Å². The third-order valence-electron chi connectivity index (χ3n) is 0.870. The van der Waals surface area contributed by atoms with Gasteiger partial charge in [0.15, 0.2) is 0 Å². The second-order valence-electron chi connectivity index (χ2n) is 1.55. The first-order valence-electron chi connectivity index (χ1n) is 2.30. The molecule has 2 heteroatoms. The highest BCUT2D eigenvalue weighted by atomic mass is 79.9. The Balaban J connectivity index is 3.03. The molecule has 0 aliphatic carbocycles. The van der Waals surface area contributed by atoms with Crippen molar-refractivity contribution in [3.05, 3.63) is 28.7 Å². The van der Waals surface area contributed by atoms with E-state index in [1.54, 1.807) is 0 Å². The Morgan fingerprint density at radius 1 is 1.12 bits per heavy atom. The maximum atomic E-state index is 5.41. The second-order valence-corrected chi connectivity index (χ2v) is 2.47. The van der Waals surface area contributed by atoms with Crippen LogP contribution in [0.1, 0.15) is 0 Å². The number of hydrogen-bond donors (Lipinski definition) is 1. The Morgan fingerprint density at radius 2 is 1.62 bits per heavy atom. The fourth-order valence-corrected chi connectivity index (χ4v) is 0.727. The van der Waals surface area contributed by atoms with Crippen LogP contribution in [-0.2, 0) is 0 Å². The van der Waals surface area contributed by atoms with Crippen LogP contribution in [0.4, 0.5) is 5.69 Å². The molecule has 2 N–H and O–H groups in total. The molecule has 1 rings (SSSR count). The van der Waals surface area contributed by atoms with Gasteiger partial charge < -0.3 is 5.73 Å². The summed E-state index contributed by atoms with van der Waals surface area (Å²) in [5, 5.41) is 0. The third-order valence-corrected chi connectivity index (χ3v) is 1.40. The van der Waals surface area contributed by atoms with E-state index in [9.17, 15) is 0 Å². The molecule has 0 radical (unpaired) electrons. The third kappa shape index (κ3) is 1.23. The van der Waals surface area contributed by atoms with E-state index in [2.05, 4.69) is 15.9 Å². The van der Waals surface area contributed by atoms with Gasteiger partial charge in [0, 0.05) is 10.2 Å². The Morgan fingerprint density at radius 3 is 2.00 bits per heavy atom. The van der Waals surface area contributed by atoms with E-state index in [0.717, 1.165) is 10.2 Å². The van der Waals surface area contributed by atoms with Gasteiger partial charge in [-0.05, 0) is 24.3 Å². The predicted octanol–water partition coefficient (Wildman–Crippen LogP) is 2.03. The Kier molecular flexibility index (Phi) is 1.53. The molecule has 0 bridgehead atoms. The SMILES string of the molecule is Nc1cc[13c](Br)cc1. The molecule has 8 heavy (non-hydrogen) atoms. The number of anilines is 1. The molecule has 0 heterocycles. The van der Waals surface area contributed by atoms with Gasteiger partial charge in [0.25, 0.3) is 0 Å². The van der Waals surface area contributed by atoms with Gasteiger partial charge in [-0.2, -0.15) is 0 Å². The largest absolute Gasteiger partial charge is 0.399 e. The molecule has 0 spiro atoms. The predicted molar refractivity (Wildman–Crippen MR) is 38.6 cm³/mol.